The van der Waals surface area contributed by atoms with Crippen molar-refractivity contribution in [3.8, 4) is 0 Å². The molecule has 15 heavy (non-hydrogen) atoms. The average Bonchev–Trinajstić information content (AvgIpc) is 2.17. The largest absolute Gasteiger partial charge is 0.469 e. The summed E-state index contributed by atoms with van der Waals surface area (Å²) in [7, 11) is 1.37. The molecule has 4 nitrogen and oxygen atoms in total. The monoisotopic (exact) mass is 213 g/mol. The van der Waals surface area contributed by atoms with E-state index in [9.17, 15) is 9.59 Å². The number of amides is 1. The van der Waals surface area contributed by atoms with Crippen LogP contribution in [0.3, 0.4) is 0 Å². The molecule has 0 radical (unpaired) electrons. The molecule has 1 rings (SSSR count). The molecule has 0 aromatic carbocycles. The van der Waals surface area contributed by atoms with Gasteiger partial charge < -0.3 is 9.64 Å². The van der Waals surface area contributed by atoms with E-state index >= 15 is 0 Å². The number of rotatable bonds is 4. The lowest BCUT2D eigenvalue weighted by Gasteiger charge is -2.36. The summed E-state index contributed by atoms with van der Waals surface area (Å²) in [5.41, 5.74) is 0. The maximum atomic E-state index is 11.9. The Hall–Kier alpha value is -1.06. The molecule has 2 atom stereocenters. The number of nitrogens with zero attached hydrogens (tertiary/aromatic N) is 1. The van der Waals surface area contributed by atoms with E-state index in [1.807, 2.05) is 13.8 Å². The Morgan fingerprint density at radius 2 is 1.73 bits per heavy atom. The fourth-order valence-electron chi connectivity index (χ4n) is 2.00. The molecule has 86 valence electrons. The van der Waals surface area contributed by atoms with Gasteiger partial charge in [0.15, 0.2) is 0 Å². The Morgan fingerprint density at radius 3 is 2.07 bits per heavy atom. The van der Waals surface area contributed by atoms with Gasteiger partial charge in [0.1, 0.15) is 0 Å². The average molecular weight is 213 g/mol. The molecule has 1 aliphatic rings. The summed E-state index contributed by atoms with van der Waals surface area (Å²) >= 11 is 0. The summed E-state index contributed by atoms with van der Waals surface area (Å²) in [5, 5.41) is 0. The van der Waals surface area contributed by atoms with Gasteiger partial charge in [0.05, 0.1) is 18.9 Å². The van der Waals surface area contributed by atoms with Crippen molar-refractivity contribution in [1.29, 1.82) is 0 Å². The van der Waals surface area contributed by atoms with Crippen LogP contribution in [0.15, 0.2) is 0 Å². The highest BCUT2D eigenvalue weighted by Gasteiger charge is 2.43. The first-order valence-corrected chi connectivity index (χ1v) is 5.52. The van der Waals surface area contributed by atoms with Crippen molar-refractivity contribution in [3.05, 3.63) is 0 Å². The van der Waals surface area contributed by atoms with Gasteiger partial charge in [-0.15, -0.1) is 0 Å². The Balaban J connectivity index is 2.57. The van der Waals surface area contributed by atoms with Crippen molar-refractivity contribution in [2.45, 2.75) is 26.7 Å². The summed E-state index contributed by atoms with van der Waals surface area (Å²) < 4.78 is 4.67. The van der Waals surface area contributed by atoms with Gasteiger partial charge in [-0.2, -0.15) is 0 Å². The van der Waals surface area contributed by atoms with Crippen molar-refractivity contribution in [2.75, 3.05) is 20.2 Å². The van der Waals surface area contributed by atoms with Crippen LogP contribution in [0.5, 0.6) is 0 Å². The van der Waals surface area contributed by atoms with Gasteiger partial charge in [0.25, 0.3) is 0 Å². The van der Waals surface area contributed by atoms with Crippen molar-refractivity contribution in [1.82, 2.24) is 4.90 Å². The minimum absolute atomic E-state index is 0.0988. The van der Waals surface area contributed by atoms with Crippen LogP contribution in [0.2, 0.25) is 0 Å². The Morgan fingerprint density at radius 1 is 1.20 bits per heavy atom. The molecule has 4 heteroatoms. The van der Waals surface area contributed by atoms with Crippen molar-refractivity contribution < 1.29 is 14.3 Å². The van der Waals surface area contributed by atoms with Crippen LogP contribution >= 0.6 is 0 Å². The molecule has 0 aromatic rings. The lowest BCUT2D eigenvalue weighted by atomic mass is 9.73. The minimum atomic E-state index is -0.244. The van der Waals surface area contributed by atoms with Crippen LogP contribution in [0, 0.1) is 11.8 Å². The molecule has 1 saturated carbocycles. The van der Waals surface area contributed by atoms with Gasteiger partial charge in [0.2, 0.25) is 5.91 Å². The molecule has 0 saturated heterocycles. The molecular formula is C11H19NO3. The van der Waals surface area contributed by atoms with Gasteiger partial charge in [-0.05, 0) is 26.7 Å². The van der Waals surface area contributed by atoms with E-state index in [0.717, 1.165) is 12.8 Å². The molecule has 0 heterocycles. The number of carbonyl (C=O) groups is 2. The van der Waals surface area contributed by atoms with Crippen molar-refractivity contribution in [3.63, 3.8) is 0 Å². The maximum Gasteiger partial charge on any atom is 0.309 e. The normalized spacial score (nSPS) is 24.2. The second-order valence-corrected chi connectivity index (χ2v) is 3.82. The first-order chi connectivity index (χ1) is 7.15. The van der Waals surface area contributed by atoms with Crippen LogP contribution in [0.4, 0.5) is 0 Å². The SMILES string of the molecule is CCN(CC)C(=O)[C@H]1CC[C@H]1C(=O)OC. The number of carbonyl (C=O) groups excluding carboxylic acids is 2. The predicted octanol–water partition coefficient (Wildman–Crippen LogP) is 1.05. The summed E-state index contributed by atoms with van der Waals surface area (Å²) in [6, 6.07) is 0. The molecule has 1 fully saturated rings. The van der Waals surface area contributed by atoms with Crippen LogP contribution in [0.1, 0.15) is 26.7 Å². The van der Waals surface area contributed by atoms with Crippen LogP contribution < -0.4 is 0 Å². The smallest absolute Gasteiger partial charge is 0.309 e. The second-order valence-electron chi connectivity index (χ2n) is 3.82. The highest BCUT2D eigenvalue weighted by atomic mass is 16.5. The summed E-state index contributed by atoms with van der Waals surface area (Å²) in [6.45, 7) is 5.32. The zero-order valence-electron chi connectivity index (χ0n) is 9.66. The van der Waals surface area contributed by atoms with Crippen LogP contribution in [0.25, 0.3) is 0 Å². The van der Waals surface area contributed by atoms with E-state index in [1.165, 1.54) is 7.11 Å². The summed E-state index contributed by atoms with van der Waals surface area (Å²) in [4.78, 5) is 25.0. The maximum absolute atomic E-state index is 11.9. The molecule has 1 aliphatic carbocycles. The number of ether oxygens (including phenoxy) is 1. The van der Waals surface area contributed by atoms with E-state index in [1.54, 1.807) is 4.90 Å². The molecule has 0 aliphatic heterocycles. The van der Waals surface area contributed by atoms with Crippen molar-refractivity contribution >= 4 is 11.9 Å². The molecule has 0 bridgehead atoms. The quantitative estimate of drug-likeness (QED) is 0.656. The lowest BCUT2D eigenvalue weighted by Crippen LogP contribution is -2.46. The van der Waals surface area contributed by atoms with E-state index in [0.29, 0.717) is 13.1 Å². The van der Waals surface area contributed by atoms with E-state index < -0.39 is 0 Å². The molecule has 0 spiro atoms. The Bertz CT molecular complexity index is 248. The first kappa shape index (κ1) is 12.0. The number of esters is 1. The zero-order chi connectivity index (χ0) is 11.4. The van der Waals surface area contributed by atoms with Gasteiger partial charge in [-0.1, -0.05) is 0 Å². The van der Waals surface area contributed by atoms with Crippen LogP contribution in [-0.2, 0) is 14.3 Å². The molecule has 0 unspecified atom stereocenters. The first-order valence-electron chi connectivity index (χ1n) is 5.52. The second kappa shape index (κ2) is 5.14. The highest BCUT2D eigenvalue weighted by Crippen LogP contribution is 2.36. The van der Waals surface area contributed by atoms with Crippen molar-refractivity contribution in [2.24, 2.45) is 11.8 Å². The fraction of sp³-hybridized carbons (Fsp3) is 0.818. The minimum Gasteiger partial charge on any atom is -0.469 e. The number of methoxy groups -OCH3 is 1. The third-order valence-electron chi connectivity index (χ3n) is 3.17. The lowest BCUT2D eigenvalue weighted by molar-refractivity contribution is -0.159. The predicted molar refractivity (Wildman–Crippen MR) is 56.2 cm³/mol. The Labute approximate surface area is 90.6 Å². The van der Waals surface area contributed by atoms with Crippen LogP contribution in [-0.4, -0.2) is 37.0 Å². The van der Waals surface area contributed by atoms with Gasteiger partial charge in [-0.3, -0.25) is 9.59 Å². The third kappa shape index (κ3) is 2.30. The molecular weight excluding hydrogens is 194 g/mol. The van der Waals surface area contributed by atoms with Gasteiger partial charge in [-0.25, -0.2) is 0 Å². The standard InChI is InChI=1S/C11H19NO3/c1-4-12(5-2)10(13)8-6-7-9(8)11(14)15-3/h8-9H,4-7H2,1-3H3/t8-,9+/m0/s1. The molecule has 0 N–H and O–H groups in total. The Kier molecular flexibility index (Phi) is 4.12. The summed E-state index contributed by atoms with van der Waals surface area (Å²) in [5.74, 6) is -0.492. The topological polar surface area (TPSA) is 46.6 Å². The van der Waals surface area contributed by atoms with E-state index in [4.69, 9.17) is 0 Å². The summed E-state index contributed by atoms with van der Waals surface area (Å²) in [6.07, 6.45) is 1.60. The third-order valence-corrected chi connectivity index (χ3v) is 3.17. The number of hydrogen-bond acceptors (Lipinski definition) is 3. The fourth-order valence-corrected chi connectivity index (χ4v) is 2.00. The molecule has 0 aromatic heterocycles. The molecule has 1 amide bonds. The zero-order valence-corrected chi connectivity index (χ0v) is 9.66. The van der Waals surface area contributed by atoms with Gasteiger partial charge in [0, 0.05) is 13.1 Å². The van der Waals surface area contributed by atoms with Gasteiger partial charge >= 0.3 is 5.97 Å². The number of hydrogen-bond donors (Lipinski definition) is 0. The van der Waals surface area contributed by atoms with E-state index in [2.05, 4.69) is 4.74 Å². The highest BCUT2D eigenvalue weighted by molar-refractivity contribution is 5.87. The van der Waals surface area contributed by atoms with E-state index in [-0.39, 0.29) is 23.7 Å².